The Morgan fingerprint density at radius 3 is 1.81 bits per heavy atom. The second-order valence-corrected chi connectivity index (χ2v) is 30.2. The maximum Gasteiger partial charge on any atom is 0.411 e. The van der Waals surface area contributed by atoms with Crippen LogP contribution in [0.1, 0.15) is 169 Å². The highest BCUT2D eigenvalue weighted by molar-refractivity contribution is 6.21. The molecular weight excluding hydrogens is 1350 g/mol. The van der Waals surface area contributed by atoms with Gasteiger partial charge in [-0.05, 0) is 120 Å². The van der Waals surface area contributed by atoms with E-state index < -0.39 is 199 Å². The molecule has 25 nitrogen and oxygen atoms in total. The quantitative estimate of drug-likeness (QED) is 0.170. The van der Waals surface area contributed by atoms with E-state index in [2.05, 4.69) is 16.0 Å². The Kier molecular flexibility index (Phi) is 30.4. The lowest BCUT2D eigenvalue weighted by atomic mass is 9.78. The molecule has 32 heteroatoms. The number of hydrogen-bond donors (Lipinski definition) is 3. The van der Waals surface area contributed by atoms with Crippen molar-refractivity contribution in [3.8, 4) is 0 Å². The topological polar surface area (TPSA) is 279 Å². The molecule has 6 aliphatic rings. The number of rotatable bonds is 12. The Hall–Kier alpha value is -6.53. The molecule has 6 fully saturated rings. The number of ether oxygens (including phenoxy) is 1. The van der Waals surface area contributed by atoms with Gasteiger partial charge in [-0.15, -0.1) is 11.6 Å². The molecule has 3 N–H and O–H groups in total. The molecule has 0 aromatic rings. The Morgan fingerprint density at radius 2 is 1.22 bits per heavy atom. The standard InChI is InChI=1S/C69H109ClF6N12O13/c1-12-43(4)57-64(98)82(7)38-55(91)80(5)39-56(92)84(9)52(40-101-41-68(71,72)73)62(96)81(6)37-53(89)77-48(28-26-44-25-27-46(47(70)35-44)69(74,75)76)61(95)88-33-21-24-49(88)60(94)79-67(29-17-18-30-67)66(100)86(11)58(45-22-15-13-16-23-45)65(99)85(10)51(63(97)87-31-19-14-20-32-87)36-54(90)83(8)50(34-42(2)3)59(93)78-57/h42-52,57-58H,12-41H2,1-11H3,(H,77,89)(H,78,93)(H,79,94)/t43-,44?,46?,47?,48-,49-,50-,51-,52-,57-,58-/m0/s1. The Morgan fingerprint density at radius 1 is 0.614 bits per heavy atom. The van der Waals surface area contributed by atoms with Crippen LogP contribution in [0, 0.1) is 29.6 Å². The van der Waals surface area contributed by atoms with Gasteiger partial charge in [0.15, 0.2) is 0 Å². The van der Waals surface area contributed by atoms with Crippen LogP contribution in [-0.4, -0.2) is 282 Å². The minimum atomic E-state index is -4.90. The van der Waals surface area contributed by atoms with Crippen LogP contribution < -0.4 is 16.0 Å². The fraction of sp³-hybridized carbons (Fsp3) is 0.826. The van der Waals surface area contributed by atoms with E-state index in [1.54, 1.807) is 18.7 Å². The number of nitrogens with zero attached hydrogens (tertiary/aromatic N) is 9. The number of carbonyl (C=O) groups is 12. The van der Waals surface area contributed by atoms with Crippen molar-refractivity contribution in [2.24, 2.45) is 29.6 Å². The number of nitrogens with one attached hydrogen (secondary N) is 3. The Labute approximate surface area is 594 Å². The minimum absolute atomic E-state index is 0.0248. The lowest BCUT2D eigenvalue weighted by Gasteiger charge is -2.43. The molecule has 3 saturated carbocycles. The summed E-state index contributed by atoms with van der Waals surface area (Å²) in [5.74, 6) is -12.8. The molecule has 0 radical (unpaired) electrons. The van der Waals surface area contributed by atoms with Crippen LogP contribution in [0.15, 0.2) is 0 Å². The number of hydrogen-bond acceptors (Lipinski definition) is 13. The molecule has 3 saturated heterocycles. The molecule has 1 spiro atoms. The van der Waals surface area contributed by atoms with Crippen LogP contribution in [0.25, 0.3) is 0 Å². The zero-order chi connectivity index (χ0) is 75.2. The molecule has 6 rings (SSSR count). The Bertz CT molecular complexity index is 2930. The average molecular weight is 1460 g/mol. The molecule has 3 unspecified atom stereocenters. The monoisotopic (exact) mass is 1460 g/mol. The van der Waals surface area contributed by atoms with Gasteiger partial charge in [-0.2, -0.15) is 26.3 Å². The smallest absolute Gasteiger partial charge is 0.369 e. The van der Waals surface area contributed by atoms with Crippen molar-refractivity contribution in [2.45, 2.75) is 235 Å². The van der Waals surface area contributed by atoms with Crippen LogP contribution in [0.3, 0.4) is 0 Å². The highest BCUT2D eigenvalue weighted by Crippen LogP contribution is 2.44. The summed E-state index contributed by atoms with van der Waals surface area (Å²) in [4.78, 5) is 188. The fourth-order valence-corrected chi connectivity index (χ4v) is 15.8. The molecule has 0 aromatic carbocycles. The van der Waals surface area contributed by atoms with E-state index in [9.17, 15) is 55.1 Å². The van der Waals surface area contributed by atoms with E-state index in [-0.39, 0.29) is 76.7 Å². The number of fused-ring (bicyclic) bond motifs is 1. The van der Waals surface area contributed by atoms with Gasteiger partial charge < -0.3 is 64.8 Å². The summed E-state index contributed by atoms with van der Waals surface area (Å²) in [6.45, 7) is 2.50. The summed E-state index contributed by atoms with van der Waals surface area (Å²) < 4.78 is 87.4. The number of amides is 12. The molecule has 0 aromatic heterocycles. The number of piperidine rings is 1. The van der Waals surface area contributed by atoms with E-state index in [4.69, 9.17) is 16.3 Å². The van der Waals surface area contributed by atoms with Crippen LogP contribution in [0.4, 0.5) is 26.3 Å². The minimum Gasteiger partial charge on any atom is -0.369 e. The molecule has 3 aliphatic heterocycles. The summed E-state index contributed by atoms with van der Waals surface area (Å²) in [7, 11) is 8.96. The van der Waals surface area contributed by atoms with Gasteiger partial charge in [0.1, 0.15) is 54.4 Å². The van der Waals surface area contributed by atoms with Crippen molar-refractivity contribution >= 4 is 82.5 Å². The molecule has 0 bridgehead atoms. The fourth-order valence-electron chi connectivity index (χ4n) is 15.3. The van der Waals surface area contributed by atoms with E-state index >= 15 is 28.8 Å². The first-order valence-electron chi connectivity index (χ1n) is 36.0. The molecule has 572 valence electrons. The lowest BCUT2D eigenvalue weighted by molar-refractivity contribution is -0.182. The maximum atomic E-state index is 15.8. The number of likely N-dealkylation sites (N-methyl/N-ethyl adjacent to an activating group) is 7. The lowest BCUT2D eigenvalue weighted by Crippen LogP contribution is -2.65. The molecule has 3 aliphatic carbocycles. The molecule has 11 atom stereocenters. The second-order valence-electron chi connectivity index (χ2n) is 29.6. The SMILES string of the molecule is CC[C@H](C)[C@@H]1NC(=O)[C@H](CC(C)C)N(C)C(=O)C[C@@H](C(=O)N2CCCCC2)N(C)C(=O)[C@H](C2CCCCC2)N(C)C(=O)C2(CCCC2)NC(=O)[C@@H]2CCCN2C(=O)[C@H](CCC2CCC(C(F)(F)F)C(Cl)C2)NC(=O)CN(C)C(=O)[C@H](COCC(F)(F)F)N(C)C(=O)CN(C)C(=O)CN(C)C1=O. The van der Waals surface area contributed by atoms with Gasteiger partial charge in [0, 0.05) is 74.3 Å². The molecule has 101 heavy (non-hydrogen) atoms. The predicted molar refractivity (Wildman–Crippen MR) is 360 cm³/mol. The summed E-state index contributed by atoms with van der Waals surface area (Å²) in [5.41, 5.74) is -1.62. The highest BCUT2D eigenvalue weighted by atomic mass is 35.5. The van der Waals surface area contributed by atoms with Crippen molar-refractivity contribution < 1.29 is 88.6 Å². The van der Waals surface area contributed by atoms with Crippen molar-refractivity contribution in [2.75, 3.05) is 102 Å². The van der Waals surface area contributed by atoms with Crippen molar-refractivity contribution in [3.05, 3.63) is 0 Å². The number of alkyl halides is 7. The van der Waals surface area contributed by atoms with E-state index in [0.29, 0.717) is 70.9 Å². The third-order valence-corrected chi connectivity index (χ3v) is 22.2. The van der Waals surface area contributed by atoms with Gasteiger partial charge in [-0.25, -0.2) is 0 Å². The summed E-state index contributed by atoms with van der Waals surface area (Å²) in [6.07, 6.45) is -3.01. The number of likely N-dealkylation sites (tertiary alicyclic amines) is 1. The molecular formula is C69H109ClF6N12O13. The third-order valence-electron chi connectivity index (χ3n) is 21.7. The maximum absolute atomic E-state index is 15.8. The first-order valence-corrected chi connectivity index (χ1v) is 36.4. The number of halogens is 7. The summed E-state index contributed by atoms with van der Waals surface area (Å²) in [5, 5.41) is 7.21. The van der Waals surface area contributed by atoms with E-state index in [1.807, 2.05) is 13.8 Å². The van der Waals surface area contributed by atoms with Gasteiger partial charge in [0.05, 0.1) is 38.6 Å². The van der Waals surface area contributed by atoms with E-state index in [1.165, 1.54) is 54.8 Å². The second kappa shape index (κ2) is 36.8. The van der Waals surface area contributed by atoms with Gasteiger partial charge in [0.25, 0.3) is 0 Å². The third kappa shape index (κ3) is 22.0. The number of carbonyl (C=O) groups excluding carboxylic acids is 12. The average Bonchev–Trinajstić information content (AvgIpc) is 1.76. The van der Waals surface area contributed by atoms with Gasteiger partial charge in [-0.3, -0.25) is 57.5 Å². The van der Waals surface area contributed by atoms with Crippen molar-refractivity contribution in [3.63, 3.8) is 0 Å². The van der Waals surface area contributed by atoms with Crippen LogP contribution in [0.2, 0.25) is 0 Å². The summed E-state index contributed by atoms with van der Waals surface area (Å²) in [6, 6.07) is -9.80. The zero-order valence-electron chi connectivity index (χ0n) is 60.7. The van der Waals surface area contributed by atoms with E-state index in [0.717, 1.165) is 46.5 Å². The first kappa shape index (κ1) is 83.4. The molecule has 3 heterocycles. The highest BCUT2D eigenvalue weighted by Gasteiger charge is 2.52. The predicted octanol–water partition coefficient (Wildman–Crippen LogP) is 5.09. The summed E-state index contributed by atoms with van der Waals surface area (Å²) >= 11 is 6.34. The van der Waals surface area contributed by atoms with Crippen LogP contribution in [0.5, 0.6) is 0 Å². The molecule has 12 amide bonds. The largest absolute Gasteiger partial charge is 0.411 e. The zero-order valence-corrected chi connectivity index (χ0v) is 61.5. The van der Waals surface area contributed by atoms with Crippen LogP contribution in [-0.2, 0) is 62.3 Å². The van der Waals surface area contributed by atoms with Gasteiger partial charge >= 0.3 is 12.4 Å². The first-order chi connectivity index (χ1) is 47.3. The normalized spacial score (nSPS) is 29.0. The Balaban J connectivity index is 1.43. The van der Waals surface area contributed by atoms with Gasteiger partial charge in [0.2, 0.25) is 70.9 Å². The van der Waals surface area contributed by atoms with Crippen molar-refractivity contribution in [1.29, 1.82) is 0 Å². The van der Waals surface area contributed by atoms with Crippen molar-refractivity contribution in [1.82, 2.24) is 60.0 Å². The van der Waals surface area contributed by atoms with Gasteiger partial charge in [-0.1, -0.05) is 66.2 Å². The van der Waals surface area contributed by atoms with Crippen LogP contribution >= 0.6 is 11.6 Å².